The SMILES string of the molecule is COc1ccc(NC(=O)[C@@H]2[C@@H]3C(=O)N(c4cc(Cl)cc(Cl)c4)C(=O)[C@@H]3[C@@H]3c4ccccc4C=CN23)cc1. The fraction of sp³-hybridized carbons (Fsp3) is 0.179. The van der Waals surface area contributed by atoms with Gasteiger partial charge in [0, 0.05) is 21.9 Å². The van der Waals surface area contributed by atoms with Gasteiger partial charge in [-0.3, -0.25) is 14.4 Å². The molecule has 186 valence electrons. The average molecular weight is 534 g/mol. The predicted octanol–water partition coefficient (Wildman–Crippen LogP) is 5.16. The molecule has 0 saturated carbocycles. The highest BCUT2D eigenvalue weighted by atomic mass is 35.5. The highest BCUT2D eigenvalue weighted by molar-refractivity contribution is 6.36. The molecule has 3 aromatic carbocycles. The van der Waals surface area contributed by atoms with Gasteiger partial charge in [0.1, 0.15) is 11.8 Å². The molecule has 0 spiro atoms. The predicted molar refractivity (Wildman–Crippen MR) is 141 cm³/mol. The first-order chi connectivity index (χ1) is 17.9. The van der Waals surface area contributed by atoms with Crippen molar-refractivity contribution in [1.29, 1.82) is 0 Å². The van der Waals surface area contributed by atoms with Crippen LogP contribution in [0.4, 0.5) is 11.4 Å². The van der Waals surface area contributed by atoms with Crippen LogP contribution in [0.3, 0.4) is 0 Å². The van der Waals surface area contributed by atoms with Crippen LogP contribution in [-0.2, 0) is 14.4 Å². The Morgan fingerprint density at radius 1 is 0.919 bits per heavy atom. The Labute approximate surface area is 223 Å². The number of fused-ring (bicyclic) bond motifs is 5. The van der Waals surface area contributed by atoms with E-state index in [1.54, 1.807) is 31.4 Å². The van der Waals surface area contributed by atoms with E-state index < -0.39 is 29.8 Å². The van der Waals surface area contributed by atoms with Crippen LogP contribution in [0.2, 0.25) is 10.0 Å². The molecule has 7 nitrogen and oxygen atoms in total. The van der Waals surface area contributed by atoms with Crippen LogP contribution in [0.25, 0.3) is 6.08 Å². The molecule has 3 aliphatic rings. The maximum Gasteiger partial charge on any atom is 0.247 e. The molecule has 0 aliphatic carbocycles. The quantitative estimate of drug-likeness (QED) is 0.469. The maximum atomic E-state index is 13.9. The zero-order valence-corrected chi connectivity index (χ0v) is 21.1. The number of hydrogen-bond acceptors (Lipinski definition) is 5. The number of amides is 3. The molecule has 3 heterocycles. The molecule has 4 atom stereocenters. The summed E-state index contributed by atoms with van der Waals surface area (Å²) in [6.07, 6.45) is 3.72. The van der Waals surface area contributed by atoms with E-state index in [1.807, 2.05) is 41.4 Å². The van der Waals surface area contributed by atoms with Crippen molar-refractivity contribution in [3.05, 3.63) is 94.1 Å². The standard InChI is InChI=1S/C28H21Cl2N3O4/c1-37-20-8-6-18(7-9-20)31-26(34)25-23-22(24-21-5-3-2-4-15(21)10-11-32(24)25)27(35)33(28(23)36)19-13-16(29)12-17(30)14-19/h2-14,22-25H,1H3,(H,31,34)/t22-,23+,24-,25-/m0/s1. The molecule has 0 aromatic heterocycles. The molecule has 3 amide bonds. The first-order valence-corrected chi connectivity index (χ1v) is 12.5. The lowest BCUT2D eigenvalue weighted by molar-refractivity contribution is -0.128. The smallest absolute Gasteiger partial charge is 0.247 e. The van der Waals surface area contributed by atoms with Gasteiger partial charge in [0.2, 0.25) is 17.7 Å². The van der Waals surface area contributed by atoms with Crippen molar-refractivity contribution in [2.24, 2.45) is 11.8 Å². The van der Waals surface area contributed by atoms with Gasteiger partial charge >= 0.3 is 0 Å². The van der Waals surface area contributed by atoms with Crippen molar-refractivity contribution in [2.75, 3.05) is 17.3 Å². The van der Waals surface area contributed by atoms with E-state index in [0.29, 0.717) is 27.2 Å². The number of hydrogen-bond donors (Lipinski definition) is 1. The Hall–Kier alpha value is -3.81. The molecule has 2 saturated heterocycles. The molecule has 0 radical (unpaired) electrons. The Bertz CT molecular complexity index is 1450. The number of imide groups is 1. The highest BCUT2D eigenvalue weighted by Crippen LogP contribution is 2.53. The van der Waals surface area contributed by atoms with E-state index in [1.165, 1.54) is 18.2 Å². The number of nitrogens with zero attached hydrogens (tertiary/aromatic N) is 2. The number of rotatable bonds is 4. The topological polar surface area (TPSA) is 79.0 Å². The van der Waals surface area contributed by atoms with Crippen molar-refractivity contribution in [1.82, 2.24) is 4.90 Å². The van der Waals surface area contributed by atoms with Gasteiger partial charge in [-0.1, -0.05) is 47.5 Å². The number of carbonyl (C=O) groups is 3. The van der Waals surface area contributed by atoms with Crippen molar-refractivity contribution in [2.45, 2.75) is 12.1 Å². The van der Waals surface area contributed by atoms with Gasteiger partial charge in [0.05, 0.1) is 30.7 Å². The molecule has 37 heavy (non-hydrogen) atoms. The van der Waals surface area contributed by atoms with Crippen molar-refractivity contribution in [3.63, 3.8) is 0 Å². The van der Waals surface area contributed by atoms with Gasteiger partial charge in [-0.2, -0.15) is 0 Å². The van der Waals surface area contributed by atoms with E-state index in [0.717, 1.165) is 16.0 Å². The minimum absolute atomic E-state index is 0.294. The van der Waals surface area contributed by atoms with Gasteiger partial charge in [0.15, 0.2) is 0 Å². The van der Waals surface area contributed by atoms with E-state index in [2.05, 4.69) is 5.32 Å². The van der Waals surface area contributed by atoms with Crippen LogP contribution in [-0.4, -0.2) is 35.8 Å². The van der Waals surface area contributed by atoms with Gasteiger partial charge in [-0.05, 0) is 59.7 Å². The normalized spacial score (nSPS) is 23.5. The third-order valence-electron chi connectivity index (χ3n) is 7.19. The first-order valence-electron chi connectivity index (χ1n) is 11.7. The van der Waals surface area contributed by atoms with Gasteiger partial charge in [-0.25, -0.2) is 4.90 Å². The summed E-state index contributed by atoms with van der Waals surface area (Å²) in [6, 6.07) is 17.9. The summed E-state index contributed by atoms with van der Waals surface area (Å²) >= 11 is 12.4. The Balaban J connectivity index is 1.43. The van der Waals surface area contributed by atoms with Crippen molar-refractivity contribution >= 4 is 58.4 Å². The summed E-state index contributed by atoms with van der Waals surface area (Å²) < 4.78 is 5.19. The Kier molecular flexibility index (Phi) is 5.70. The van der Waals surface area contributed by atoms with Crippen molar-refractivity contribution in [3.8, 4) is 5.75 Å². The molecule has 2 fully saturated rings. The molecule has 3 aliphatic heterocycles. The summed E-state index contributed by atoms with van der Waals surface area (Å²) in [7, 11) is 1.56. The fourth-order valence-corrected chi connectivity index (χ4v) is 6.19. The Morgan fingerprint density at radius 3 is 2.30 bits per heavy atom. The van der Waals surface area contributed by atoms with E-state index in [-0.39, 0.29) is 11.8 Å². The molecule has 3 aromatic rings. The lowest BCUT2D eigenvalue weighted by Gasteiger charge is -2.35. The number of halogens is 2. The number of nitrogens with one attached hydrogen (secondary N) is 1. The third kappa shape index (κ3) is 3.77. The number of anilines is 2. The summed E-state index contributed by atoms with van der Waals surface area (Å²) in [5, 5.41) is 3.53. The van der Waals surface area contributed by atoms with Crippen LogP contribution in [0.15, 0.2) is 72.9 Å². The zero-order valence-electron chi connectivity index (χ0n) is 19.6. The minimum Gasteiger partial charge on any atom is -0.497 e. The zero-order chi connectivity index (χ0) is 25.8. The largest absolute Gasteiger partial charge is 0.497 e. The number of ether oxygens (including phenoxy) is 1. The first kappa shape index (κ1) is 23.6. The number of methoxy groups -OCH3 is 1. The molecule has 9 heteroatoms. The second-order valence-electron chi connectivity index (χ2n) is 9.19. The van der Waals surface area contributed by atoms with Crippen LogP contribution >= 0.6 is 23.2 Å². The molecular formula is C28H21Cl2N3O4. The molecule has 0 unspecified atom stereocenters. The summed E-state index contributed by atoms with van der Waals surface area (Å²) in [5.41, 5.74) is 2.69. The monoisotopic (exact) mass is 533 g/mol. The Morgan fingerprint density at radius 2 is 1.59 bits per heavy atom. The van der Waals surface area contributed by atoms with Gasteiger partial charge < -0.3 is 15.0 Å². The molecule has 1 N–H and O–H groups in total. The van der Waals surface area contributed by atoms with Crippen LogP contribution in [0, 0.1) is 11.8 Å². The third-order valence-corrected chi connectivity index (χ3v) is 7.63. The lowest BCUT2D eigenvalue weighted by Crippen LogP contribution is -2.46. The average Bonchev–Trinajstić information content (AvgIpc) is 3.36. The second kappa shape index (κ2) is 8.94. The molecular weight excluding hydrogens is 513 g/mol. The van der Waals surface area contributed by atoms with Crippen LogP contribution in [0.1, 0.15) is 17.2 Å². The molecule has 0 bridgehead atoms. The van der Waals surface area contributed by atoms with Crippen LogP contribution in [0.5, 0.6) is 5.75 Å². The summed E-state index contributed by atoms with van der Waals surface area (Å²) in [5.74, 6) is -2.22. The second-order valence-corrected chi connectivity index (χ2v) is 10.1. The van der Waals surface area contributed by atoms with E-state index in [4.69, 9.17) is 27.9 Å². The fourth-order valence-electron chi connectivity index (χ4n) is 5.67. The maximum absolute atomic E-state index is 13.9. The summed E-state index contributed by atoms with van der Waals surface area (Å²) in [4.78, 5) is 44.5. The van der Waals surface area contributed by atoms with Crippen LogP contribution < -0.4 is 15.0 Å². The highest BCUT2D eigenvalue weighted by Gasteiger charge is 2.64. The number of carbonyl (C=O) groups excluding carboxylic acids is 3. The van der Waals surface area contributed by atoms with E-state index in [9.17, 15) is 14.4 Å². The lowest BCUT2D eigenvalue weighted by atomic mass is 9.84. The van der Waals surface area contributed by atoms with Gasteiger partial charge in [0.25, 0.3) is 0 Å². The summed E-state index contributed by atoms with van der Waals surface area (Å²) in [6.45, 7) is 0. The van der Waals surface area contributed by atoms with Crippen molar-refractivity contribution < 1.29 is 19.1 Å². The minimum atomic E-state index is -0.905. The molecule has 6 rings (SSSR count). The van der Waals surface area contributed by atoms with E-state index >= 15 is 0 Å². The number of benzene rings is 3. The van der Waals surface area contributed by atoms with Gasteiger partial charge in [-0.15, -0.1) is 0 Å².